The van der Waals surface area contributed by atoms with Crippen molar-refractivity contribution in [3.05, 3.63) is 94.3 Å². The average Bonchev–Trinajstić information content (AvgIpc) is 3.24. The molecule has 1 aromatic heterocycles. The number of nitrogens with zero attached hydrogens (tertiary/aromatic N) is 3. The predicted molar refractivity (Wildman–Crippen MR) is 117 cm³/mol. The van der Waals surface area contributed by atoms with Crippen molar-refractivity contribution in [2.24, 2.45) is 5.10 Å². The van der Waals surface area contributed by atoms with Gasteiger partial charge in [0.05, 0.1) is 35.0 Å². The van der Waals surface area contributed by atoms with Crippen molar-refractivity contribution >= 4 is 29.0 Å². The van der Waals surface area contributed by atoms with Crippen LogP contribution in [0.15, 0.2) is 72.0 Å². The zero-order valence-electron chi connectivity index (χ0n) is 17.5. The lowest BCUT2D eigenvalue weighted by molar-refractivity contribution is -0.138. The molecule has 1 aliphatic rings. The van der Waals surface area contributed by atoms with E-state index < -0.39 is 35.4 Å². The normalized spacial score (nSPS) is 16.3. The minimum absolute atomic E-state index is 0.0528. The van der Waals surface area contributed by atoms with Crippen LogP contribution in [0, 0.1) is 0 Å². The summed E-state index contributed by atoms with van der Waals surface area (Å²) in [5.74, 6) is -0.656. The van der Waals surface area contributed by atoms with Gasteiger partial charge in [-0.1, -0.05) is 23.7 Å². The summed E-state index contributed by atoms with van der Waals surface area (Å²) in [6, 6.07) is 11.8. The molecule has 0 saturated carbocycles. The van der Waals surface area contributed by atoms with Gasteiger partial charge in [0.2, 0.25) is 0 Å². The molecule has 0 saturated heterocycles. The number of hydrogen-bond acceptors (Lipinski definition) is 3. The Kier molecular flexibility index (Phi) is 6.46. The van der Waals surface area contributed by atoms with Gasteiger partial charge in [-0.2, -0.15) is 31.4 Å². The molecule has 0 aliphatic carbocycles. The Labute approximate surface area is 200 Å². The maximum absolute atomic E-state index is 12.9. The second kappa shape index (κ2) is 9.21. The number of hydrogen-bond donors (Lipinski definition) is 1. The van der Waals surface area contributed by atoms with Crippen molar-refractivity contribution in [1.82, 2.24) is 9.99 Å². The van der Waals surface area contributed by atoms with Gasteiger partial charge in [0.25, 0.3) is 0 Å². The van der Waals surface area contributed by atoms with Crippen LogP contribution in [0.1, 0.15) is 28.3 Å². The molecule has 12 heteroatoms. The fraction of sp³-hybridized carbons (Fsp3) is 0.174. The third kappa shape index (κ3) is 5.56. The summed E-state index contributed by atoms with van der Waals surface area (Å²) in [5, 5.41) is 8.29. The standard InChI is InChI=1S/C23H15ClF6N4O/c24-16-6-1-13(2-7-16)20-18(19-10-5-15(11-31-19)23(28,29)30)12-34(33-20)21(35)32-17-8-3-14(4-9-17)22(25,26)27/h1-11,18H,12H2,(H,32,35). The Bertz CT molecular complexity index is 1240. The van der Waals surface area contributed by atoms with Crippen LogP contribution in [-0.2, 0) is 12.4 Å². The lowest BCUT2D eigenvalue weighted by atomic mass is 9.94. The van der Waals surface area contributed by atoms with Crippen LogP contribution in [0.4, 0.5) is 36.8 Å². The van der Waals surface area contributed by atoms with E-state index in [9.17, 15) is 31.1 Å². The molecule has 0 radical (unpaired) electrons. The van der Waals surface area contributed by atoms with E-state index in [1.807, 2.05) is 0 Å². The number of pyridine rings is 1. The average molecular weight is 513 g/mol. The molecule has 3 aromatic rings. The maximum atomic E-state index is 12.9. The molecular weight excluding hydrogens is 498 g/mol. The molecular formula is C23H15ClF6N4O. The molecule has 0 spiro atoms. The Balaban J connectivity index is 1.60. The van der Waals surface area contributed by atoms with Crippen LogP contribution in [0.25, 0.3) is 0 Å². The first kappa shape index (κ1) is 24.5. The van der Waals surface area contributed by atoms with Crippen LogP contribution < -0.4 is 5.32 Å². The first-order chi connectivity index (χ1) is 16.4. The van der Waals surface area contributed by atoms with Crippen molar-refractivity contribution in [3.8, 4) is 0 Å². The van der Waals surface area contributed by atoms with Crippen molar-refractivity contribution in [2.75, 3.05) is 11.9 Å². The number of carbonyl (C=O) groups is 1. The molecule has 1 N–H and O–H groups in total. The highest BCUT2D eigenvalue weighted by Crippen LogP contribution is 2.33. The molecule has 2 amide bonds. The quantitative estimate of drug-likeness (QED) is 0.392. The van der Waals surface area contributed by atoms with E-state index in [2.05, 4.69) is 15.4 Å². The Morgan fingerprint density at radius 2 is 1.49 bits per heavy atom. The highest BCUT2D eigenvalue weighted by atomic mass is 35.5. The van der Waals surface area contributed by atoms with Gasteiger partial charge >= 0.3 is 18.4 Å². The van der Waals surface area contributed by atoms with Crippen LogP contribution in [0.2, 0.25) is 5.02 Å². The van der Waals surface area contributed by atoms with Gasteiger partial charge in [0, 0.05) is 16.9 Å². The molecule has 182 valence electrons. The Hall–Kier alpha value is -3.60. The van der Waals surface area contributed by atoms with Gasteiger partial charge in [0.15, 0.2) is 0 Å². The van der Waals surface area contributed by atoms with Gasteiger partial charge in [-0.05, 0) is 54.1 Å². The number of benzene rings is 2. The van der Waals surface area contributed by atoms with Crippen molar-refractivity contribution < 1.29 is 31.1 Å². The lowest BCUT2D eigenvalue weighted by Crippen LogP contribution is -2.30. The largest absolute Gasteiger partial charge is 0.417 e. The zero-order chi connectivity index (χ0) is 25.4. The summed E-state index contributed by atoms with van der Waals surface area (Å²) in [4.78, 5) is 16.7. The van der Waals surface area contributed by atoms with Crippen LogP contribution in [-0.4, -0.2) is 28.3 Å². The number of amides is 2. The number of hydrazone groups is 1. The minimum Gasteiger partial charge on any atom is -0.306 e. The van der Waals surface area contributed by atoms with E-state index in [-0.39, 0.29) is 17.9 Å². The molecule has 0 fully saturated rings. The van der Waals surface area contributed by atoms with E-state index in [1.54, 1.807) is 24.3 Å². The number of halogens is 7. The molecule has 5 nitrogen and oxygen atoms in total. The highest BCUT2D eigenvalue weighted by Gasteiger charge is 2.35. The summed E-state index contributed by atoms with van der Waals surface area (Å²) < 4.78 is 77.1. The van der Waals surface area contributed by atoms with Crippen molar-refractivity contribution in [1.29, 1.82) is 0 Å². The molecule has 1 aliphatic heterocycles. The second-order valence-corrected chi connectivity index (χ2v) is 8.04. The highest BCUT2D eigenvalue weighted by molar-refractivity contribution is 6.30. The fourth-order valence-electron chi connectivity index (χ4n) is 3.45. The fourth-order valence-corrected chi connectivity index (χ4v) is 3.58. The molecule has 35 heavy (non-hydrogen) atoms. The Morgan fingerprint density at radius 1 is 0.886 bits per heavy atom. The van der Waals surface area contributed by atoms with Gasteiger partial charge in [-0.25, -0.2) is 9.80 Å². The predicted octanol–water partition coefficient (Wildman–Crippen LogP) is 6.81. The number of alkyl halides is 6. The third-order valence-electron chi connectivity index (χ3n) is 5.22. The number of rotatable bonds is 3. The van der Waals surface area contributed by atoms with Gasteiger partial charge < -0.3 is 5.32 Å². The summed E-state index contributed by atoms with van der Waals surface area (Å²) in [6.45, 7) is -0.0528. The number of aromatic nitrogens is 1. The van der Waals surface area contributed by atoms with E-state index in [1.165, 1.54) is 6.07 Å². The van der Waals surface area contributed by atoms with Gasteiger partial charge in [-0.15, -0.1) is 0 Å². The monoisotopic (exact) mass is 512 g/mol. The molecule has 1 unspecified atom stereocenters. The van der Waals surface area contributed by atoms with Gasteiger partial charge in [-0.3, -0.25) is 4.98 Å². The third-order valence-corrected chi connectivity index (χ3v) is 5.47. The smallest absolute Gasteiger partial charge is 0.306 e. The van der Waals surface area contributed by atoms with Crippen molar-refractivity contribution in [3.63, 3.8) is 0 Å². The summed E-state index contributed by atoms with van der Waals surface area (Å²) >= 11 is 5.94. The maximum Gasteiger partial charge on any atom is 0.417 e. The molecule has 1 atom stereocenters. The summed E-state index contributed by atoms with van der Waals surface area (Å²) in [7, 11) is 0. The first-order valence-corrected chi connectivity index (χ1v) is 10.4. The number of urea groups is 1. The summed E-state index contributed by atoms with van der Waals surface area (Å²) in [6.07, 6.45) is -8.36. The summed E-state index contributed by atoms with van der Waals surface area (Å²) in [5.41, 5.74) is -0.462. The molecule has 0 bridgehead atoms. The number of nitrogens with one attached hydrogen (secondary N) is 1. The molecule has 2 heterocycles. The topological polar surface area (TPSA) is 57.6 Å². The van der Waals surface area contributed by atoms with Gasteiger partial charge in [0.1, 0.15) is 0 Å². The number of carbonyl (C=O) groups excluding carboxylic acids is 1. The molecule has 4 rings (SSSR count). The van der Waals surface area contributed by atoms with E-state index in [0.717, 1.165) is 35.3 Å². The SMILES string of the molecule is O=C(Nc1ccc(C(F)(F)F)cc1)N1CC(c2ccc(C(F)(F)F)cn2)C(c2ccc(Cl)cc2)=N1. The molecule has 2 aromatic carbocycles. The van der Waals surface area contributed by atoms with E-state index in [4.69, 9.17) is 11.6 Å². The van der Waals surface area contributed by atoms with Crippen LogP contribution in [0.3, 0.4) is 0 Å². The van der Waals surface area contributed by atoms with Crippen molar-refractivity contribution in [2.45, 2.75) is 18.3 Å². The lowest BCUT2D eigenvalue weighted by Gasteiger charge is -2.16. The minimum atomic E-state index is -4.55. The Morgan fingerprint density at radius 3 is 2.03 bits per heavy atom. The van der Waals surface area contributed by atoms with E-state index in [0.29, 0.717) is 22.5 Å². The second-order valence-electron chi connectivity index (χ2n) is 7.60. The zero-order valence-corrected chi connectivity index (χ0v) is 18.3. The van der Waals surface area contributed by atoms with E-state index >= 15 is 0 Å². The van der Waals surface area contributed by atoms with Crippen LogP contribution in [0.5, 0.6) is 0 Å². The first-order valence-electron chi connectivity index (χ1n) is 10.0. The van der Waals surface area contributed by atoms with Crippen LogP contribution >= 0.6 is 11.6 Å². The number of anilines is 1.